The Balaban J connectivity index is 2.69. The number of ether oxygens (including phenoxy) is 1. The quantitative estimate of drug-likeness (QED) is 0.863. The van der Waals surface area contributed by atoms with Crippen LogP contribution in [0.2, 0.25) is 0 Å². The molecule has 0 radical (unpaired) electrons. The van der Waals surface area contributed by atoms with E-state index in [1.165, 1.54) is 19.2 Å². The van der Waals surface area contributed by atoms with E-state index in [-0.39, 0.29) is 5.75 Å². The summed E-state index contributed by atoms with van der Waals surface area (Å²) in [5.41, 5.74) is 0.589. The lowest BCUT2D eigenvalue weighted by Crippen LogP contribution is -2.04. The minimum absolute atomic E-state index is 0.201. The average molecular weight is 244 g/mol. The first-order chi connectivity index (χ1) is 7.54. The Kier molecular flexibility index (Phi) is 5.09. The van der Waals surface area contributed by atoms with Gasteiger partial charge in [-0.2, -0.15) is 11.8 Å². The van der Waals surface area contributed by atoms with Crippen LogP contribution in [0.25, 0.3) is 0 Å². The molecular weight excluding hydrogens is 227 g/mol. The van der Waals surface area contributed by atoms with Gasteiger partial charge in [0.2, 0.25) is 0 Å². The van der Waals surface area contributed by atoms with E-state index < -0.39 is 11.9 Å². The zero-order chi connectivity index (χ0) is 12.1. The number of benzene rings is 1. The van der Waals surface area contributed by atoms with E-state index >= 15 is 0 Å². The van der Waals surface area contributed by atoms with Crippen LogP contribution in [0.3, 0.4) is 0 Å². The smallest absolute Gasteiger partial charge is 0.165 e. The monoisotopic (exact) mass is 244 g/mol. The molecule has 1 aromatic rings. The Bertz CT molecular complexity index is 342. The Morgan fingerprint density at radius 3 is 2.62 bits per heavy atom. The van der Waals surface area contributed by atoms with Crippen molar-refractivity contribution in [1.29, 1.82) is 0 Å². The van der Waals surface area contributed by atoms with Crippen molar-refractivity contribution < 1.29 is 14.2 Å². The van der Waals surface area contributed by atoms with E-state index in [1.54, 1.807) is 17.8 Å². The van der Waals surface area contributed by atoms with Crippen molar-refractivity contribution in [2.24, 2.45) is 0 Å². The first kappa shape index (κ1) is 13.3. The van der Waals surface area contributed by atoms with Crippen LogP contribution in [0, 0.1) is 5.82 Å². The largest absolute Gasteiger partial charge is 0.494 e. The molecule has 0 saturated heterocycles. The number of hydrogen-bond donors (Lipinski definition) is 1. The van der Waals surface area contributed by atoms with Crippen LogP contribution in [0.5, 0.6) is 5.75 Å². The highest BCUT2D eigenvalue weighted by Crippen LogP contribution is 2.25. The third kappa shape index (κ3) is 3.68. The summed E-state index contributed by atoms with van der Waals surface area (Å²) in [6.45, 7) is 4.12. The minimum Gasteiger partial charge on any atom is -0.494 e. The predicted molar refractivity (Wildman–Crippen MR) is 65.5 cm³/mol. The molecule has 0 spiro atoms. The van der Waals surface area contributed by atoms with E-state index in [2.05, 4.69) is 13.8 Å². The molecule has 0 fully saturated rings. The Labute approximate surface area is 99.8 Å². The number of halogens is 1. The van der Waals surface area contributed by atoms with Crippen LogP contribution in [0.4, 0.5) is 4.39 Å². The van der Waals surface area contributed by atoms with Gasteiger partial charge in [0.15, 0.2) is 11.6 Å². The van der Waals surface area contributed by atoms with E-state index in [4.69, 9.17) is 4.74 Å². The molecule has 4 heteroatoms. The van der Waals surface area contributed by atoms with Crippen LogP contribution in [0.15, 0.2) is 18.2 Å². The van der Waals surface area contributed by atoms with Crippen LogP contribution < -0.4 is 4.74 Å². The molecule has 0 heterocycles. The molecule has 0 amide bonds. The standard InChI is InChI=1S/C12H17FO2S/c1-8(2)16-7-11(14)9-4-5-12(15-3)10(13)6-9/h4-6,8,11,14H,7H2,1-3H3. The highest BCUT2D eigenvalue weighted by Gasteiger charge is 2.11. The molecule has 2 nitrogen and oxygen atoms in total. The van der Waals surface area contributed by atoms with E-state index in [1.807, 2.05) is 0 Å². The fourth-order valence-electron chi connectivity index (χ4n) is 1.27. The molecule has 1 atom stereocenters. The molecule has 90 valence electrons. The van der Waals surface area contributed by atoms with Gasteiger partial charge in [0.1, 0.15) is 0 Å². The second-order valence-corrected chi connectivity index (χ2v) is 5.40. The van der Waals surface area contributed by atoms with Crippen molar-refractivity contribution in [2.75, 3.05) is 12.9 Å². The van der Waals surface area contributed by atoms with Gasteiger partial charge in [-0.15, -0.1) is 0 Å². The number of methoxy groups -OCH3 is 1. The molecule has 1 aromatic carbocycles. The molecular formula is C12H17FO2S. The maximum absolute atomic E-state index is 13.4. The van der Waals surface area contributed by atoms with Crippen molar-refractivity contribution in [3.05, 3.63) is 29.6 Å². The van der Waals surface area contributed by atoms with Gasteiger partial charge >= 0.3 is 0 Å². The lowest BCUT2D eigenvalue weighted by molar-refractivity contribution is 0.203. The summed E-state index contributed by atoms with van der Waals surface area (Å²) in [5.74, 6) is 0.338. The molecule has 1 N–H and O–H groups in total. The number of aliphatic hydroxyl groups excluding tert-OH is 1. The van der Waals surface area contributed by atoms with Crippen LogP contribution in [-0.2, 0) is 0 Å². The van der Waals surface area contributed by atoms with Gasteiger partial charge in [-0.05, 0) is 22.9 Å². The second kappa shape index (κ2) is 6.11. The number of aliphatic hydroxyl groups is 1. The molecule has 1 rings (SSSR count). The van der Waals surface area contributed by atoms with Crippen molar-refractivity contribution in [3.63, 3.8) is 0 Å². The van der Waals surface area contributed by atoms with Crippen LogP contribution in [-0.4, -0.2) is 23.2 Å². The maximum Gasteiger partial charge on any atom is 0.165 e. The zero-order valence-electron chi connectivity index (χ0n) is 9.74. The molecule has 0 aromatic heterocycles. The number of rotatable bonds is 5. The normalized spacial score (nSPS) is 12.9. The summed E-state index contributed by atoms with van der Waals surface area (Å²) in [6, 6.07) is 4.55. The first-order valence-corrected chi connectivity index (χ1v) is 6.22. The fraction of sp³-hybridized carbons (Fsp3) is 0.500. The number of hydrogen-bond acceptors (Lipinski definition) is 3. The second-order valence-electron chi connectivity index (χ2n) is 3.79. The summed E-state index contributed by atoms with van der Waals surface area (Å²) < 4.78 is 18.2. The van der Waals surface area contributed by atoms with Crippen LogP contribution >= 0.6 is 11.8 Å². The highest BCUT2D eigenvalue weighted by molar-refractivity contribution is 7.99. The lowest BCUT2D eigenvalue weighted by Gasteiger charge is -2.13. The van der Waals surface area contributed by atoms with Gasteiger partial charge < -0.3 is 9.84 Å². The van der Waals surface area contributed by atoms with Crippen molar-refractivity contribution in [1.82, 2.24) is 0 Å². The minimum atomic E-state index is -0.632. The van der Waals surface area contributed by atoms with Crippen molar-refractivity contribution in [3.8, 4) is 5.75 Å². The fourth-order valence-corrected chi connectivity index (χ4v) is 2.03. The van der Waals surface area contributed by atoms with Crippen molar-refractivity contribution >= 4 is 11.8 Å². The Hall–Kier alpha value is -0.740. The highest BCUT2D eigenvalue weighted by atomic mass is 32.2. The van der Waals surface area contributed by atoms with Gasteiger partial charge in [-0.25, -0.2) is 4.39 Å². The molecule has 0 bridgehead atoms. The van der Waals surface area contributed by atoms with Crippen molar-refractivity contribution in [2.45, 2.75) is 25.2 Å². The molecule has 0 saturated carbocycles. The summed E-state index contributed by atoms with van der Waals surface area (Å²) >= 11 is 1.65. The SMILES string of the molecule is COc1ccc(C(O)CSC(C)C)cc1F. The van der Waals surface area contributed by atoms with Gasteiger partial charge in [-0.1, -0.05) is 19.9 Å². The molecule has 1 unspecified atom stereocenters. The molecule has 0 aliphatic rings. The number of thioether (sulfide) groups is 1. The van der Waals surface area contributed by atoms with E-state index in [0.29, 0.717) is 16.6 Å². The Morgan fingerprint density at radius 2 is 2.12 bits per heavy atom. The molecule has 0 aliphatic heterocycles. The lowest BCUT2D eigenvalue weighted by atomic mass is 10.1. The molecule has 0 aliphatic carbocycles. The van der Waals surface area contributed by atoms with Gasteiger partial charge in [-0.3, -0.25) is 0 Å². The summed E-state index contributed by atoms with van der Waals surface area (Å²) in [7, 11) is 1.42. The maximum atomic E-state index is 13.4. The summed E-state index contributed by atoms with van der Waals surface area (Å²) in [6.07, 6.45) is -0.632. The average Bonchev–Trinajstić information content (AvgIpc) is 2.25. The third-order valence-electron chi connectivity index (χ3n) is 2.15. The zero-order valence-corrected chi connectivity index (χ0v) is 10.6. The predicted octanol–water partition coefficient (Wildman–Crippen LogP) is 3.01. The van der Waals surface area contributed by atoms with Gasteiger partial charge in [0.25, 0.3) is 0 Å². The van der Waals surface area contributed by atoms with E-state index in [9.17, 15) is 9.50 Å². The summed E-state index contributed by atoms with van der Waals surface area (Å²) in [5, 5.41) is 10.3. The first-order valence-electron chi connectivity index (χ1n) is 5.17. The van der Waals surface area contributed by atoms with Crippen LogP contribution in [0.1, 0.15) is 25.5 Å². The molecule has 16 heavy (non-hydrogen) atoms. The van der Waals surface area contributed by atoms with Gasteiger partial charge in [0, 0.05) is 5.75 Å². The Morgan fingerprint density at radius 1 is 1.44 bits per heavy atom. The van der Waals surface area contributed by atoms with Gasteiger partial charge in [0.05, 0.1) is 13.2 Å². The topological polar surface area (TPSA) is 29.5 Å². The summed E-state index contributed by atoms with van der Waals surface area (Å²) in [4.78, 5) is 0. The third-order valence-corrected chi connectivity index (χ3v) is 3.32. The van der Waals surface area contributed by atoms with E-state index in [0.717, 1.165) is 0 Å².